The summed E-state index contributed by atoms with van der Waals surface area (Å²) in [5, 5.41) is 2.80. The third-order valence-corrected chi connectivity index (χ3v) is 6.33. The fourth-order valence-corrected chi connectivity index (χ4v) is 4.99. The standard InChI is InChI=1S/C17H21N6O5P2/c1-12(26-11-29-24)8-23-10-21-15-16(19-9-20-17(15)23)22-30(25)27-7-4-14(28-30)13-2-5-18-6-3-13/h2-3,5-6,9-10,12,14,29H,4,7-8,11H2,1H3,(H,19,20,22,25)/t12-,14?,30?/m1/s1. The van der Waals surface area contributed by atoms with Gasteiger partial charge < -0.3 is 9.30 Å². The fraction of sp³-hybridized carbons (Fsp3) is 0.412. The van der Waals surface area contributed by atoms with Crippen molar-refractivity contribution < 1.29 is 22.9 Å². The van der Waals surface area contributed by atoms with E-state index in [9.17, 15) is 9.13 Å². The highest BCUT2D eigenvalue weighted by Gasteiger charge is 2.36. The summed E-state index contributed by atoms with van der Waals surface area (Å²) in [6, 6.07) is 3.64. The third-order valence-electron chi connectivity index (χ3n) is 4.51. The summed E-state index contributed by atoms with van der Waals surface area (Å²) in [6.07, 6.45) is 6.46. The van der Waals surface area contributed by atoms with Gasteiger partial charge in [-0.05, 0) is 24.6 Å². The highest BCUT2D eigenvalue weighted by Crippen LogP contribution is 2.55. The molecule has 3 aromatic rings. The van der Waals surface area contributed by atoms with Crippen LogP contribution in [0.2, 0.25) is 0 Å². The van der Waals surface area contributed by atoms with Crippen LogP contribution < -0.4 is 5.09 Å². The molecule has 4 atom stereocenters. The van der Waals surface area contributed by atoms with E-state index in [-0.39, 0.29) is 31.0 Å². The van der Waals surface area contributed by atoms with Crippen molar-refractivity contribution in [2.24, 2.45) is 0 Å². The van der Waals surface area contributed by atoms with E-state index < -0.39 is 16.2 Å². The van der Waals surface area contributed by atoms with Crippen LogP contribution in [-0.4, -0.2) is 43.6 Å². The minimum atomic E-state index is -3.66. The van der Waals surface area contributed by atoms with Crippen molar-refractivity contribution in [2.75, 3.05) is 18.0 Å². The number of anilines is 1. The molecule has 0 amide bonds. The molecule has 11 nitrogen and oxygen atoms in total. The van der Waals surface area contributed by atoms with Crippen LogP contribution in [0, 0.1) is 0 Å². The first kappa shape index (κ1) is 21.0. The molecule has 0 bridgehead atoms. The molecule has 13 heteroatoms. The number of fused-ring (bicyclic) bond motifs is 1. The van der Waals surface area contributed by atoms with Crippen molar-refractivity contribution >= 4 is 33.2 Å². The van der Waals surface area contributed by atoms with Crippen LogP contribution >= 0.6 is 16.2 Å². The zero-order chi connectivity index (χ0) is 21.0. The second-order valence-electron chi connectivity index (χ2n) is 6.66. The fourth-order valence-electron chi connectivity index (χ4n) is 3.13. The Kier molecular flexibility index (Phi) is 6.46. The second-order valence-corrected chi connectivity index (χ2v) is 8.93. The van der Waals surface area contributed by atoms with E-state index in [0.717, 1.165) is 5.56 Å². The van der Waals surface area contributed by atoms with Gasteiger partial charge in [0.2, 0.25) is 0 Å². The average Bonchev–Trinajstić information content (AvgIpc) is 3.16. The van der Waals surface area contributed by atoms with Gasteiger partial charge in [0.25, 0.3) is 0 Å². The molecule has 30 heavy (non-hydrogen) atoms. The Balaban J connectivity index is 1.53. The van der Waals surface area contributed by atoms with Crippen LogP contribution in [0.4, 0.5) is 5.82 Å². The molecule has 159 valence electrons. The molecule has 1 aliphatic heterocycles. The summed E-state index contributed by atoms with van der Waals surface area (Å²) in [7, 11) is -4.17. The summed E-state index contributed by atoms with van der Waals surface area (Å²) in [4.78, 5) is 16.8. The molecule has 0 spiro atoms. The van der Waals surface area contributed by atoms with Gasteiger partial charge in [0.1, 0.15) is 12.7 Å². The van der Waals surface area contributed by atoms with Crippen LogP contribution in [0.3, 0.4) is 0 Å². The molecule has 4 heterocycles. The molecule has 1 radical (unpaired) electrons. The summed E-state index contributed by atoms with van der Waals surface area (Å²) >= 11 is 0. The first-order valence-corrected chi connectivity index (χ1v) is 12.0. The number of ether oxygens (including phenoxy) is 1. The van der Waals surface area contributed by atoms with E-state index >= 15 is 0 Å². The van der Waals surface area contributed by atoms with E-state index in [2.05, 4.69) is 25.0 Å². The smallest absolute Gasteiger partial charge is 0.366 e. The van der Waals surface area contributed by atoms with E-state index in [1.54, 1.807) is 23.3 Å². The lowest BCUT2D eigenvalue weighted by molar-refractivity contribution is 0.0842. The summed E-state index contributed by atoms with van der Waals surface area (Å²) < 4.78 is 42.3. The number of rotatable bonds is 8. The van der Waals surface area contributed by atoms with Gasteiger partial charge in [-0.1, -0.05) is 0 Å². The highest BCUT2D eigenvalue weighted by molar-refractivity contribution is 7.55. The minimum absolute atomic E-state index is 0.173. The quantitative estimate of drug-likeness (QED) is 0.509. The van der Waals surface area contributed by atoms with E-state index in [4.69, 9.17) is 13.8 Å². The van der Waals surface area contributed by atoms with Crippen LogP contribution in [0.5, 0.6) is 0 Å². The van der Waals surface area contributed by atoms with Crippen LogP contribution in [0.25, 0.3) is 11.2 Å². The minimum Gasteiger partial charge on any atom is -0.366 e. The number of nitrogens with one attached hydrogen (secondary N) is 1. The zero-order valence-electron chi connectivity index (χ0n) is 16.2. The maximum absolute atomic E-state index is 13.2. The number of hydrogen-bond acceptors (Lipinski definition) is 9. The van der Waals surface area contributed by atoms with Crippen LogP contribution in [0.1, 0.15) is 25.0 Å². The number of aromatic nitrogens is 5. The molecule has 3 unspecified atom stereocenters. The molecular weight excluding hydrogens is 430 g/mol. The highest BCUT2D eigenvalue weighted by atomic mass is 31.2. The van der Waals surface area contributed by atoms with Gasteiger partial charge in [0.05, 0.1) is 40.1 Å². The van der Waals surface area contributed by atoms with Crippen molar-refractivity contribution in [3.8, 4) is 0 Å². The van der Waals surface area contributed by atoms with Crippen LogP contribution in [-0.2, 0) is 29.5 Å². The van der Waals surface area contributed by atoms with E-state index in [0.29, 0.717) is 24.1 Å². The van der Waals surface area contributed by atoms with Crippen molar-refractivity contribution in [2.45, 2.75) is 32.1 Å². The van der Waals surface area contributed by atoms with Crippen LogP contribution in [0.15, 0.2) is 37.2 Å². The van der Waals surface area contributed by atoms with E-state index in [1.807, 2.05) is 19.1 Å². The molecular formula is C17H21N6O5P2. The van der Waals surface area contributed by atoms with E-state index in [1.165, 1.54) is 6.33 Å². The second kappa shape index (κ2) is 9.24. The predicted octanol–water partition coefficient (Wildman–Crippen LogP) is 3.31. The molecule has 4 rings (SSSR count). The lowest BCUT2D eigenvalue weighted by Crippen LogP contribution is -2.18. The Bertz CT molecular complexity index is 1070. The summed E-state index contributed by atoms with van der Waals surface area (Å²) in [5.74, 6) is 0.257. The number of nitrogens with zero attached hydrogens (tertiary/aromatic N) is 5. The van der Waals surface area contributed by atoms with Crippen molar-refractivity contribution in [3.05, 3.63) is 42.7 Å². The molecule has 3 aromatic heterocycles. The van der Waals surface area contributed by atoms with Gasteiger partial charge in [0, 0.05) is 18.8 Å². The van der Waals surface area contributed by atoms with Crippen molar-refractivity contribution in [1.82, 2.24) is 24.5 Å². The molecule has 0 aliphatic carbocycles. The lowest BCUT2D eigenvalue weighted by atomic mass is 10.1. The van der Waals surface area contributed by atoms with Gasteiger partial charge in [-0.15, -0.1) is 0 Å². The normalized spacial score (nSPS) is 22.9. The number of hydrogen-bond donors (Lipinski definition) is 1. The Labute approximate surface area is 174 Å². The van der Waals surface area contributed by atoms with Crippen molar-refractivity contribution in [1.29, 1.82) is 0 Å². The van der Waals surface area contributed by atoms with Gasteiger partial charge in [-0.2, -0.15) is 0 Å². The molecule has 1 saturated heterocycles. The number of imidazole rings is 1. The first-order valence-electron chi connectivity index (χ1n) is 9.31. The monoisotopic (exact) mass is 451 g/mol. The zero-order valence-corrected chi connectivity index (χ0v) is 18.1. The Morgan fingerprint density at radius 2 is 2.20 bits per heavy atom. The Morgan fingerprint density at radius 1 is 1.37 bits per heavy atom. The maximum Gasteiger partial charge on any atom is 0.434 e. The molecule has 0 saturated carbocycles. The Hall–Kier alpha value is -2.29. The first-order chi connectivity index (χ1) is 14.6. The van der Waals surface area contributed by atoms with Crippen molar-refractivity contribution in [3.63, 3.8) is 0 Å². The largest absolute Gasteiger partial charge is 0.434 e. The molecule has 1 aliphatic rings. The molecule has 1 fully saturated rings. The van der Waals surface area contributed by atoms with Gasteiger partial charge in [-0.25, -0.2) is 19.5 Å². The lowest BCUT2D eigenvalue weighted by Gasteiger charge is -2.29. The predicted molar refractivity (Wildman–Crippen MR) is 110 cm³/mol. The SMILES string of the molecule is C[C@H](Cn1cnc2c(NP3(=O)OCCC(c4ccncc4)O3)ncnc21)OC[PH]=O. The van der Waals surface area contributed by atoms with Gasteiger partial charge in [-0.3, -0.25) is 23.7 Å². The molecule has 1 N–H and O–H groups in total. The Morgan fingerprint density at radius 3 is 3.00 bits per heavy atom. The van der Waals surface area contributed by atoms with Gasteiger partial charge >= 0.3 is 7.75 Å². The topological polar surface area (TPSA) is 130 Å². The maximum atomic E-state index is 13.2. The average molecular weight is 451 g/mol. The summed E-state index contributed by atoms with van der Waals surface area (Å²) in [6.45, 7) is 2.61. The third kappa shape index (κ3) is 4.71. The van der Waals surface area contributed by atoms with Gasteiger partial charge in [0.15, 0.2) is 17.0 Å². The summed E-state index contributed by atoms with van der Waals surface area (Å²) in [5.41, 5.74) is 1.85. The molecule has 0 aromatic carbocycles. The number of pyridine rings is 1.